The molecule has 1 fully saturated rings. The number of aromatic nitrogens is 1. The van der Waals surface area contributed by atoms with Crippen molar-refractivity contribution in [3.8, 4) is 0 Å². The molecule has 1 unspecified atom stereocenters. The number of thiazole rings is 1. The van der Waals surface area contributed by atoms with Crippen molar-refractivity contribution in [2.75, 3.05) is 0 Å². The Balaban J connectivity index is 1.83. The normalized spacial score (nSPS) is 23.9. The molecule has 0 bridgehead atoms. The van der Waals surface area contributed by atoms with Gasteiger partial charge in [0.1, 0.15) is 5.01 Å². The molecule has 0 aromatic carbocycles. The van der Waals surface area contributed by atoms with Crippen LogP contribution in [0.25, 0.3) is 0 Å². The van der Waals surface area contributed by atoms with Crippen molar-refractivity contribution in [3.05, 3.63) is 15.6 Å². The lowest BCUT2D eigenvalue weighted by molar-refractivity contribution is 0.421. The summed E-state index contributed by atoms with van der Waals surface area (Å²) in [5.74, 6) is 0.874. The van der Waals surface area contributed by atoms with E-state index in [1.165, 1.54) is 47.7 Å². The summed E-state index contributed by atoms with van der Waals surface area (Å²) in [5.41, 5.74) is 7.55. The van der Waals surface area contributed by atoms with Crippen LogP contribution in [-0.2, 0) is 18.4 Å². The predicted molar refractivity (Wildman–Crippen MR) is 63.0 cm³/mol. The monoisotopic (exact) mass is 222 g/mol. The highest BCUT2D eigenvalue weighted by atomic mass is 32.1. The maximum Gasteiger partial charge on any atom is 0.113 e. The number of hydrogen-bond acceptors (Lipinski definition) is 3. The largest absolute Gasteiger partial charge is 0.320 e. The van der Waals surface area contributed by atoms with Gasteiger partial charge in [-0.15, -0.1) is 11.3 Å². The van der Waals surface area contributed by atoms with E-state index in [-0.39, 0.29) is 5.54 Å². The van der Waals surface area contributed by atoms with Gasteiger partial charge in [0.05, 0.1) is 11.2 Å². The fourth-order valence-corrected chi connectivity index (χ4v) is 3.66. The van der Waals surface area contributed by atoms with Crippen LogP contribution in [0.15, 0.2) is 0 Å². The first-order valence-corrected chi connectivity index (χ1v) is 6.75. The summed E-state index contributed by atoms with van der Waals surface area (Å²) >= 11 is 1.86. The second-order valence-corrected chi connectivity index (χ2v) is 6.39. The SMILES string of the molecule is CC(N)(CC1CC1)c1nc2c(s1)CCC2. The molecule has 2 aliphatic rings. The second-order valence-electron chi connectivity index (χ2n) is 5.31. The first-order valence-electron chi connectivity index (χ1n) is 5.93. The average Bonchev–Trinajstić information content (AvgIpc) is 2.72. The van der Waals surface area contributed by atoms with Crippen molar-refractivity contribution in [3.63, 3.8) is 0 Å². The van der Waals surface area contributed by atoms with Crippen LogP contribution in [0.3, 0.4) is 0 Å². The lowest BCUT2D eigenvalue weighted by Crippen LogP contribution is -2.33. The molecule has 1 heterocycles. The lowest BCUT2D eigenvalue weighted by atomic mass is 9.97. The van der Waals surface area contributed by atoms with Crippen LogP contribution in [0.1, 0.15) is 48.2 Å². The second kappa shape index (κ2) is 3.29. The maximum atomic E-state index is 6.39. The molecule has 1 saturated carbocycles. The zero-order valence-corrected chi connectivity index (χ0v) is 10.1. The zero-order chi connectivity index (χ0) is 10.5. The number of hydrogen-bond donors (Lipinski definition) is 1. The molecule has 2 aliphatic carbocycles. The predicted octanol–water partition coefficient (Wildman–Crippen LogP) is 2.61. The molecule has 1 aromatic rings. The highest BCUT2D eigenvalue weighted by molar-refractivity contribution is 7.12. The summed E-state index contributed by atoms with van der Waals surface area (Å²) < 4.78 is 0. The van der Waals surface area contributed by atoms with Crippen LogP contribution in [0, 0.1) is 5.92 Å². The van der Waals surface area contributed by atoms with Crippen LogP contribution in [0.2, 0.25) is 0 Å². The van der Waals surface area contributed by atoms with Crippen LogP contribution in [-0.4, -0.2) is 4.98 Å². The molecule has 3 heteroatoms. The molecule has 3 rings (SSSR count). The third kappa shape index (κ3) is 1.83. The Labute approximate surface area is 94.9 Å². The highest BCUT2D eigenvalue weighted by Gasteiger charge is 2.34. The van der Waals surface area contributed by atoms with E-state index in [4.69, 9.17) is 10.7 Å². The van der Waals surface area contributed by atoms with Crippen molar-refractivity contribution < 1.29 is 0 Å². The van der Waals surface area contributed by atoms with E-state index in [9.17, 15) is 0 Å². The lowest BCUT2D eigenvalue weighted by Gasteiger charge is -2.21. The van der Waals surface area contributed by atoms with E-state index in [1.807, 2.05) is 11.3 Å². The first kappa shape index (κ1) is 9.79. The number of aryl methyl sites for hydroxylation is 2. The fourth-order valence-electron chi connectivity index (χ4n) is 2.44. The third-order valence-corrected chi connectivity index (χ3v) is 4.93. The fraction of sp³-hybridized carbons (Fsp3) is 0.750. The van der Waals surface area contributed by atoms with Crippen LogP contribution < -0.4 is 5.73 Å². The van der Waals surface area contributed by atoms with Gasteiger partial charge in [0.25, 0.3) is 0 Å². The first-order chi connectivity index (χ1) is 7.15. The van der Waals surface area contributed by atoms with Gasteiger partial charge in [-0.2, -0.15) is 0 Å². The van der Waals surface area contributed by atoms with Crippen molar-refractivity contribution in [1.82, 2.24) is 4.98 Å². The third-order valence-electron chi connectivity index (χ3n) is 3.49. The summed E-state index contributed by atoms with van der Waals surface area (Å²) in [7, 11) is 0. The summed E-state index contributed by atoms with van der Waals surface area (Å²) in [6.45, 7) is 2.15. The molecule has 0 saturated heterocycles. The molecule has 0 spiro atoms. The summed E-state index contributed by atoms with van der Waals surface area (Å²) in [6, 6.07) is 0. The van der Waals surface area contributed by atoms with Crippen LogP contribution in [0.5, 0.6) is 0 Å². The smallest absolute Gasteiger partial charge is 0.113 e. The van der Waals surface area contributed by atoms with Gasteiger partial charge in [0.15, 0.2) is 0 Å². The Morgan fingerprint density at radius 2 is 2.27 bits per heavy atom. The Kier molecular flexibility index (Phi) is 2.15. The summed E-state index contributed by atoms with van der Waals surface area (Å²) in [4.78, 5) is 6.23. The summed E-state index contributed by atoms with van der Waals surface area (Å²) in [5, 5.41) is 1.18. The van der Waals surface area contributed by atoms with Gasteiger partial charge >= 0.3 is 0 Å². The Hall–Kier alpha value is -0.410. The van der Waals surface area contributed by atoms with Gasteiger partial charge in [-0.05, 0) is 38.5 Å². The van der Waals surface area contributed by atoms with Crippen molar-refractivity contribution in [1.29, 1.82) is 0 Å². The number of rotatable bonds is 3. The van der Waals surface area contributed by atoms with Gasteiger partial charge in [-0.25, -0.2) is 4.98 Å². The number of fused-ring (bicyclic) bond motifs is 1. The van der Waals surface area contributed by atoms with E-state index in [2.05, 4.69) is 6.92 Å². The zero-order valence-electron chi connectivity index (χ0n) is 9.25. The molecule has 0 aliphatic heterocycles. The standard InChI is InChI=1S/C12H18N2S/c1-12(13,7-8-5-6-8)11-14-9-3-2-4-10(9)15-11/h8H,2-7,13H2,1H3. The molecular weight excluding hydrogens is 204 g/mol. The van der Waals surface area contributed by atoms with E-state index >= 15 is 0 Å². The topological polar surface area (TPSA) is 38.9 Å². The van der Waals surface area contributed by atoms with Gasteiger partial charge in [0, 0.05) is 4.88 Å². The maximum absolute atomic E-state index is 6.39. The van der Waals surface area contributed by atoms with Crippen LogP contribution >= 0.6 is 11.3 Å². The minimum absolute atomic E-state index is 0.170. The van der Waals surface area contributed by atoms with Crippen molar-refractivity contribution >= 4 is 11.3 Å². The molecular formula is C12H18N2S. The summed E-state index contributed by atoms with van der Waals surface area (Å²) in [6.07, 6.45) is 7.56. The van der Waals surface area contributed by atoms with E-state index in [0.717, 1.165) is 12.3 Å². The van der Waals surface area contributed by atoms with Crippen molar-refractivity contribution in [2.45, 2.75) is 51.0 Å². The van der Waals surface area contributed by atoms with Gasteiger partial charge in [-0.3, -0.25) is 0 Å². The molecule has 2 N–H and O–H groups in total. The van der Waals surface area contributed by atoms with Gasteiger partial charge in [0.2, 0.25) is 0 Å². The van der Waals surface area contributed by atoms with Crippen molar-refractivity contribution in [2.24, 2.45) is 11.7 Å². The average molecular weight is 222 g/mol. The van der Waals surface area contributed by atoms with Gasteiger partial charge < -0.3 is 5.73 Å². The molecule has 0 amide bonds. The molecule has 1 atom stereocenters. The molecule has 0 radical (unpaired) electrons. The number of nitrogens with zero attached hydrogens (tertiary/aromatic N) is 1. The minimum atomic E-state index is -0.170. The van der Waals surface area contributed by atoms with E-state index < -0.39 is 0 Å². The Morgan fingerprint density at radius 1 is 1.47 bits per heavy atom. The molecule has 82 valence electrons. The highest BCUT2D eigenvalue weighted by Crippen LogP contribution is 2.41. The Bertz CT molecular complexity index is 355. The van der Waals surface area contributed by atoms with E-state index in [0.29, 0.717) is 0 Å². The van der Waals surface area contributed by atoms with Gasteiger partial charge in [-0.1, -0.05) is 12.8 Å². The van der Waals surface area contributed by atoms with E-state index in [1.54, 1.807) is 0 Å². The Morgan fingerprint density at radius 3 is 2.93 bits per heavy atom. The van der Waals surface area contributed by atoms with Crippen LogP contribution in [0.4, 0.5) is 0 Å². The molecule has 2 nitrogen and oxygen atoms in total. The quantitative estimate of drug-likeness (QED) is 0.853. The number of nitrogens with two attached hydrogens (primary N) is 1. The molecule has 1 aromatic heterocycles. The minimum Gasteiger partial charge on any atom is -0.320 e. The molecule has 15 heavy (non-hydrogen) atoms.